The van der Waals surface area contributed by atoms with E-state index in [1.54, 1.807) is 18.2 Å². The van der Waals surface area contributed by atoms with Gasteiger partial charge in [-0.1, -0.05) is 6.07 Å². The minimum absolute atomic E-state index is 0.0232. The van der Waals surface area contributed by atoms with Crippen LogP contribution in [0.3, 0.4) is 0 Å². The third-order valence-corrected chi connectivity index (χ3v) is 2.45. The van der Waals surface area contributed by atoms with Gasteiger partial charge in [0.05, 0.1) is 18.2 Å². The van der Waals surface area contributed by atoms with Crippen LogP contribution in [0.1, 0.15) is 5.56 Å². The molecular weight excluding hydrogens is 289 g/mol. The number of furan rings is 1. The SMILES string of the molecule is O=C(NCc1ccc(-c2ccoc2)nc1)OCC(F)(F)F. The molecule has 0 aliphatic rings. The molecule has 0 spiro atoms. The maximum Gasteiger partial charge on any atom is 0.422 e. The lowest BCUT2D eigenvalue weighted by Crippen LogP contribution is -2.28. The summed E-state index contributed by atoms with van der Waals surface area (Å²) in [6, 6.07) is 5.15. The van der Waals surface area contributed by atoms with Crippen molar-refractivity contribution in [1.82, 2.24) is 10.3 Å². The molecule has 112 valence electrons. The van der Waals surface area contributed by atoms with Gasteiger partial charge in [-0.25, -0.2) is 4.79 Å². The van der Waals surface area contributed by atoms with Gasteiger partial charge in [-0.15, -0.1) is 0 Å². The summed E-state index contributed by atoms with van der Waals surface area (Å²) in [5.41, 5.74) is 2.12. The molecule has 0 radical (unpaired) electrons. The van der Waals surface area contributed by atoms with E-state index in [9.17, 15) is 18.0 Å². The lowest BCUT2D eigenvalue weighted by Gasteiger charge is -2.09. The topological polar surface area (TPSA) is 64.4 Å². The van der Waals surface area contributed by atoms with Crippen LogP contribution < -0.4 is 5.32 Å². The van der Waals surface area contributed by atoms with Crippen LogP contribution in [-0.4, -0.2) is 23.9 Å². The van der Waals surface area contributed by atoms with E-state index in [4.69, 9.17) is 4.42 Å². The van der Waals surface area contributed by atoms with Gasteiger partial charge in [0.15, 0.2) is 6.61 Å². The second kappa shape index (κ2) is 6.29. The molecule has 0 bridgehead atoms. The summed E-state index contributed by atoms with van der Waals surface area (Å²) in [6.45, 7) is -1.59. The Morgan fingerprint density at radius 1 is 1.33 bits per heavy atom. The van der Waals surface area contributed by atoms with Crippen molar-refractivity contribution >= 4 is 6.09 Å². The average molecular weight is 300 g/mol. The third kappa shape index (κ3) is 4.83. The first-order chi connectivity index (χ1) is 9.94. The van der Waals surface area contributed by atoms with Crippen LogP contribution in [0.25, 0.3) is 11.3 Å². The Morgan fingerprint density at radius 2 is 2.14 bits per heavy atom. The smallest absolute Gasteiger partial charge is 0.422 e. The highest BCUT2D eigenvalue weighted by Gasteiger charge is 2.29. The van der Waals surface area contributed by atoms with Crippen molar-refractivity contribution in [3.8, 4) is 11.3 Å². The van der Waals surface area contributed by atoms with Crippen LogP contribution in [0.4, 0.5) is 18.0 Å². The van der Waals surface area contributed by atoms with Crippen molar-refractivity contribution in [3.63, 3.8) is 0 Å². The number of carbonyl (C=O) groups excluding carboxylic acids is 1. The first-order valence-corrected chi connectivity index (χ1v) is 5.89. The number of nitrogens with one attached hydrogen (secondary N) is 1. The lowest BCUT2D eigenvalue weighted by atomic mass is 10.2. The molecule has 0 aliphatic heterocycles. The molecule has 2 rings (SSSR count). The maximum atomic E-state index is 11.8. The standard InChI is InChI=1S/C13H11F3N2O3/c14-13(15,16)8-21-12(19)18-6-9-1-2-11(17-5-9)10-3-4-20-7-10/h1-5,7H,6,8H2,(H,18,19). The summed E-state index contributed by atoms with van der Waals surface area (Å²) in [5, 5.41) is 2.21. The number of hydrogen-bond donors (Lipinski definition) is 1. The van der Waals surface area contributed by atoms with Gasteiger partial charge in [-0.3, -0.25) is 4.98 Å². The Labute approximate surface area is 117 Å². The lowest BCUT2D eigenvalue weighted by molar-refractivity contribution is -0.160. The average Bonchev–Trinajstić information content (AvgIpc) is 2.97. The number of alkyl halides is 3. The number of hydrogen-bond acceptors (Lipinski definition) is 4. The summed E-state index contributed by atoms with van der Waals surface area (Å²) in [4.78, 5) is 15.2. The quantitative estimate of drug-likeness (QED) is 0.942. The molecule has 0 fully saturated rings. The molecule has 1 amide bonds. The van der Waals surface area contributed by atoms with Crippen LogP contribution in [0.15, 0.2) is 41.3 Å². The number of alkyl carbamates (subject to hydrolysis) is 1. The second-order valence-corrected chi connectivity index (χ2v) is 4.11. The fourth-order valence-electron chi connectivity index (χ4n) is 1.48. The van der Waals surface area contributed by atoms with E-state index >= 15 is 0 Å². The summed E-state index contributed by atoms with van der Waals surface area (Å²) in [5.74, 6) is 0. The van der Waals surface area contributed by atoms with E-state index in [1.165, 1.54) is 18.7 Å². The summed E-state index contributed by atoms with van der Waals surface area (Å²) >= 11 is 0. The van der Waals surface area contributed by atoms with Crippen molar-refractivity contribution in [2.75, 3.05) is 6.61 Å². The Morgan fingerprint density at radius 3 is 2.71 bits per heavy atom. The Balaban J connectivity index is 1.82. The van der Waals surface area contributed by atoms with E-state index in [2.05, 4.69) is 15.0 Å². The zero-order chi connectivity index (χ0) is 15.3. The van der Waals surface area contributed by atoms with Crippen molar-refractivity contribution in [2.24, 2.45) is 0 Å². The van der Waals surface area contributed by atoms with Crippen LogP contribution in [0.5, 0.6) is 0 Å². The number of amides is 1. The molecule has 0 saturated heterocycles. The molecule has 21 heavy (non-hydrogen) atoms. The van der Waals surface area contributed by atoms with Gasteiger partial charge < -0.3 is 14.5 Å². The highest BCUT2D eigenvalue weighted by Crippen LogP contribution is 2.17. The molecule has 5 nitrogen and oxygen atoms in total. The van der Waals surface area contributed by atoms with E-state index in [0.29, 0.717) is 11.3 Å². The third-order valence-electron chi connectivity index (χ3n) is 2.45. The van der Waals surface area contributed by atoms with E-state index in [1.807, 2.05) is 0 Å². The van der Waals surface area contributed by atoms with Gasteiger partial charge >= 0.3 is 12.3 Å². The summed E-state index contributed by atoms with van der Waals surface area (Å²) in [6.07, 6.45) is -1.11. The van der Waals surface area contributed by atoms with Crippen LogP contribution >= 0.6 is 0 Å². The maximum absolute atomic E-state index is 11.8. The Bertz CT molecular complexity index is 580. The highest BCUT2D eigenvalue weighted by atomic mass is 19.4. The molecule has 2 aromatic heterocycles. The predicted molar refractivity (Wildman–Crippen MR) is 66.2 cm³/mol. The summed E-state index contributed by atoms with van der Waals surface area (Å²) < 4.78 is 44.4. The van der Waals surface area contributed by atoms with Crippen molar-refractivity contribution in [2.45, 2.75) is 12.7 Å². The van der Waals surface area contributed by atoms with Crippen LogP contribution in [0, 0.1) is 0 Å². The van der Waals surface area contributed by atoms with Crippen LogP contribution in [-0.2, 0) is 11.3 Å². The zero-order valence-electron chi connectivity index (χ0n) is 10.7. The molecule has 0 unspecified atom stereocenters. The van der Waals surface area contributed by atoms with E-state index in [0.717, 1.165) is 5.56 Å². The summed E-state index contributed by atoms with van der Waals surface area (Å²) in [7, 11) is 0. The number of halogens is 3. The van der Waals surface area contributed by atoms with Crippen molar-refractivity contribution in [1.29, 1.82) is 0 Å². The van der Waals surface area contributed by atoms with Gasteiger partial charge in [-0.05, 0) is 17.7 Å². The molecule has 0 atom stereocenters. The largest absolute Gasteiger partial charge is 0.472 e. The molecule has 1 N–H and O–H groups in total. The van der Waals surface area contributed by atoms with Crippen molar-refractivity contribution in [3.05, 3.63) is 42.5 Å². The molecule has 0 aromatic carbocycles. The zero-order valence-corrected chi connectivity index (χ0v) is 10.7. The monoisotopic (exact) mass is 300 g/mol. The van der Waals surface area contributed by atoms with E-state index in [-0.39, 0.29) is 6.54 Å². The van der Waals surface area contributed by atoms with E-state index < -0.39 is 18.9 Å². The molecule has 0 saturated carbocycles. The number of aromatic nitrogens is 1. The van der Waals surface area contributed by atoms with Crippen molar-refractivity contribution < 1.29 is 27.1 Å². The van der Waals surface area contributed by atoms with Gasteiger partial charge in [0.25, 0.3) is 0 Å². The number of rotatable bonds is 4. The number of ether oxygens (including phenoxy) is 1. The molecule has 2 heterocycles. The normalized spacial score (nSPS) is 11.2. The second-order valence-electron chi connectivity index (χ2n) is 4.11. The highest BCUT2D eigenvalue weighted by molar-refractivity contribution is 5.67. The van der Waals surface area contributed by atoms with Gasteiger partial charge in [0, 0.05) is 18.3 Å². The molecule has 8 heteroatoms. The molecule has 0 aliphatic carbocycles. The predicted octanol–water partition coefficient (Wildman–Crippen LogP) is 3.13. The fraction of sp³-hybridized carbons (Fsp3) is 0.231. The minimum Gasteiger partial charge on any atom is -0.472 e. The van der Waals surface area contributed by atoms with Gasteiger partial charge in [-0.2, -0.15) is 13.2 Å². The Kier molecular flexibility index (Phi) is 4.46. The van der Waals surface area contributed by atoms with Crippen LogP contribution in [0.2, 0.25) is 0 Å². The minimum atomic E-state index is -4.54. The number of carbonyl (C=O) groups is 1. The van der Waals surface area contributed by atoms with Gasteiger partial charge in [0.1, 0.15) is 0 Å². The number of pyridine rings is 1. The first kappa shape index (κ1) is 14.9. The molecular formula is C13H11F3N2O3. The van der Waals surface area contributed by atoms with Gasteiger partial charge in [0.2, 0.25) is 0 Å². The number of nitrogens with zero attached hydrogens (tertiary/aromatic N) is 1. The fourth-order valence-corrected chi connectivity index (χ4v) is 1.48. The first-order valence-electron chi connectivity index (χ1n) is 5.89. The Hall–Kier alpha value is -2.51. The molecule has 2 aromatic rings.